The lowest BCUT2D eigenvalue weighted by Crippen LogP contribution is -2.14. The summed E-state index contributed by atoms with van der Waals surface area (Å²) in [5, 5.41) is 10.4. The van der Waals surface area contributed by atoms with E-state index >= 15 is 0 Å². The predicted molar refractivity (Wildman–Crippen MR) is 49.7 cm³/mol. The van der Waals surface area contributed by atoms with E-state index in [1.54, 1.807) is 6.92 Å². The molecule has 0 aliphatic rings. The van der Waals surface area contributed by atoms with Gasteiger partial charge in [0, 0.05) is 12.3 Å². The van der Waals surface area contributed by atoms with Crippen molar-refractivity contribution in [1.82, 2.24) is 4.98 Å². The van der Waals surface area contributed by atoms with E-state index in [4.69, 9.17) is 0 Å². The van der Waals surface area contributed by atoms with Gasteiger partial charge in [-0.25, -0.2) is 4.79 Å². The number of hydrogen-bond donors (Lipinski definition) is 1. The first kappa shape index (κ1) is 10.9. The minimum absolute atomic E-state index is 0.0526. The Kier molecular flexibility index (Phi) is 3.17. The summed E-state index contributed by atoms with van der Waals surface area (Å²) < 4.78 is 4.62. The molecule has 0 radical (unpaired) electrons. The fourth-order valence-corrected chi connectivity index (χ4v) is 0.940. The molecule has 1 N–H and O–H groups in total. The first-order chi connectivity index (χ1) is 7.06. The average molecular weight is 212 g/mol. The van der Waals surface area contributed by atoms with E-state index in [0.717, 1.165) is 12.3 Å². The van der Waals surface area contributed by atoms with E-state index < -0.39 is 22.1 Å². The Morgan fingerprint density at radius 2 is 2.33 bits per heavy atom. The van der Waals surface area contributed by atoms with Crippen molar-refractivity contribution in [3.05, 3.63) is 38.3 Å². The highest BCUT2D eigenvalue weighted by molar-refractivity contribution is 5.89. The van der Waals surface area contributed by atoms with Gasteiger partial charge in [0.1, 0.15) is 0 Å². The molecule has 0 saturated carbocycles. The van der Waals surface area contributed by atoms with Gasteiger partial charge in [-0.3, -0.25) is 14.9 Å². The summed E-state index contributed by atoms with van der Waals surface area (Å²) in [4.78, 5) is 33.7. The maximum absolute atomic E-state index is 11.2. The monoisotopic (exact) mass is 212 g/mol. The van der Waals surface area contributed by atoms with Crippen LogP contribution in [0.15, 0.2) is 17.1 Å². The highest BCUT2D eigenvalue weighted by Gasteiger charge is 2.16. The summed E-state index contributed by atoms with van der Waals surface area (Å²) in [6, 6.07) is 0.886. The molecular formula is C8H8N2O5. The predicted octanol–water partition coefficient (Wildman–Crippen LogP) is 0.460. The summed E-state index contributed by atoms with van der Waals surface area (Å²) in [6.07, 6.45) is 1.08. The fraction of sp³-hybridized carbons (Fsp3) is 0.250. The van der Waals surface area contributed by atoms with Crippen LogP contribution in [0.1, 0.15) is 17.3 Å². The van der Waals surface area contributed by atoms with Crippen molar-refractivity contribution in [2.24, 2.45) is 0 Å². The van der Waals surface area contributed by atoms with Crippen LogP contribution in [-0.2, 0) is 4.74 Å². The van der Waals surface area contributed by atoms with Gasteiger partial charge in [0.05, 0.1) is 17.1 Å². The van der Waals surface area contributed by atoms with Gasteiger partial charge in [0.25, 0.3) is 0 Å². The van der Waals surface area contributed by atoms with Crippen LogP contribution >= 0.6 is 0 Å². The molecule has 0 saturated heterocycles. The van der Waals surface area contributed by atoms with E-state index in [9.17, 15) is 19.7 Å². The van der Waals surface area contributed by atoms with Crippen molar-refractivity contribution in [1.29, 1.82) is 0 Å². The van der Waals surface area contributed by atoms with Crippen molar-refractivity contribution in [2.45, 2.75) is 6.92 Å². The Balaban J connectivity index is 3.13. The number of nitro groups is 1. The molecule has 0 aromatic carbocycles. The van der Waals surface area contributed by atoms with Crippen LogP contribution in [0, 0.1) is 10.1 Å². The van der Waals surface area contributed by atoms with Gasteiger partial charge < -0.3 is 9.72 Å². The minimum atomic E-state index is -0.860. The molecule has 0 aliphatic heterocycles. The summed E-state index contributed by atoms with van der Waals surface area (Å²) in [5.74, 6) is -0.711. The van der Waals surface area contributed by atoms with Crippen molar-refractivity contribution >= 4 is 11.7 Å². The fourth-order valence-electron chi connectivity index (χ4n) is 0.940. The number of carbonyl (C=O) groups excluding carboxylic acids is 1. The Morgan fingerprint density at radius 1 is 1.67 bits per heavy atom. The second kappa shape index (κ2) is 4.36. The third kappa shape index (κ3) is 2.39. The lowest BCUT2D eigenvalue weighted by molar-refractivity contribution is -0.386. The van der Waals surface area contributed by atoms with Gasteiger partial charge in [-0.2, -0.15) is 0 Å². The van der Waals surface area contributed by atoms with Crippen LogP contribution in [0.25, 0.3) is 0 Å². The number of ether oxygens (including phenoxy) is 1. The Hall–Kier alpha value is -2.18. The lowest BCUT2D eigenvalue weighted by atomic mass is 10.2. The number of H-pyrrole nitrogens is 1. The number of hydrogen-bond acceptors (Lipinski definition) is 5. The molecule has 1 heterocycles. The van der Waals surface area contributed by atoms with Gasteiger partial charge in [0.15, 0.2) is 0 Å². The number of nitrogens with one attached hydrogen (secondary N) is 1. The van der Waals surface area contributed by atoms with Crippen LogP contribution in [-0.4, -0.2) is 22.5 Å². The zero-order valence-electron chi connectivity index (χ0n) is 7.85. The summed E-state index contributed by atoms with van der Waals surface area (Å²) in [5.41, 5.74) is -1.59. The van der Waals surface area contributed by atoms with Crippen molar-refractivity contribution in [3.8, 4) is 0 Å². The molecule has 0 aliphatic carbocycles. The molecule has 1 rings (SSSR count). The molecule has 1 aromatic rings. The summed E-state index contributed by atoms with van der Waals surface area (Å²) in [6.45, 7) is 1.77. The Bertz CT molecular complexity index is 451. The highest BCUT2D eigenvalue weighted by atomic mass is 16.6. The molecule has 7 nitrogen and oxygen atoms in total. The largest absolute Gasteiger partial charge is 0.462 e. The lowest BCUT2D eigenvalue weighted by Gasteiger charge is -2.00. The Morgan fingerprint density at radius 3 is 2.87 bits per heavy atom. The zero-order chi connectivity index (χ0) is 11.4. The molecule has 7 heteroatoms. The quantitative estimate of drug-likeness (QED) is 0.445. The molecule has 0 unspecified atom stereocenters. The summed E-state index contributed by atoms with van der Waals surface area (Å²) >= 11 is 0. The number of esters is 1. The first-order valence-corrected chi connectivity index (χ1v) is 4.10. The average Bonchev–Trinajstić information content (AvgIpc) is 2.18. The second-order valence-electron chi connectivity index (χ2n) is 2.58. The van der Waals surface area contributed by atoms with Crippen LogP contribution in [0.4, 0.5) is 5.69 Å². The van der Waals surface area contributed by atoms with Crippen LogP contribution in [0.2, 0.25) is 0 Å². The smallest absolute Gasteiger partial charge is 0.339 e. The van der Waals surface area contributed by atoms with Crippen molar-refractivity contribution in [2.75, 3.05) is 6.61 Å². The number of pyridine rings is 1. The third-order valence-corrected chi connectivity index (χ3v) is 1.59. The number of rotatable bonds is 3. The highest BCUT2D eigenvalue weighted by Crippen LogP contribution is 2.07. The third-order valence-electron chi connectivity index (χ3n) is 1.59. The minimum Gasteiger partial charge on any atom is -0.462 e. The van der Waals surface area contributed by atoms with Crippen molar-refractivity contribution in [3.63, 3.8) is 0 Å². The van der Waals surface area contributed by atoms with E-state index in [1.165, 1.54) is 0 Å². The van der Waals surface area contributed by atoms with E-state index in [1.807, 2.05) is 0 Å². The first-order valence-electron chi connectivity index (χ1n) is 4.10. The van der Waals surface area contributed by atoms with Crippen LogP contribution in [0.5, 0.6) is 0 Å². The molecular weight excluding hydrogens is 204 g/mol. The molecule has 15 heavy (non-hydrogen) atoms. The standard InChI is InChI=1S/C8H8N2O5/c1-2-15-8(12)5-3-6(10(13)14)7(11)9-4-5/h3-4H,2H2,1H3,(H,9,11). The van der Waals surface area contributed by atoms with Gasteiger partial charge in [-0.1, -0.05) is 0 Å². The number of aromatic amines is 1. The van der Waals surface area contributed by atoms with Gasteiger partial charge in [-0.05, 0) is 6.92 Å². The van der Waals surface area contributed by atoms with E-state index in [0.29, 0.717) is 0 Å². The maximum atomic E-state index is 11.2. The van der Waals surface area contributed by atoms with Gasteiger partial charge in [0.2, 0.25) is 0 Å². The second-order valence-corrected chi connectivity index (χ2v) is 2.58. The molecule has 1 aromatic heterocycles. The van der Waals surface area contributed by atoms with E-state index in [-0.39, 0.29) is 12.2 Å². The molecule has 0 spiro atoms. The summed E-state index contributed by atoms with van der Waals surface area (Å²) in [7, 11) is 0. The molecule has 0 atom stereocenters. The molecule has 0 bridgehead atoms. The van der Waals surface area contributed by atoms with Crippen LogP contribution in [0.3, 0.4) is 0 Å². The zero-order valence-corrected chi connectivity index (χ0v) is 7.85. The van der Waals surface area contributed by atoms with Gasteiger partial charge >= 0.3 is 17.2 Å². The topological polar surface area (TPSA) is 102 Å². The van der Waals surface area contributed by atoms with Crippen LogP contribution < -0.4 is 5.56 Å². The Labute approximate surface area is 83.8 Å². The van der Waals surface area contributed by atoms with E-state index in [2.05, 4.69) is 9.72 Å². The maximum Gasteiger partial charge on any atom is 0.339 e. The molecule has 0 amide bonds. The number of aromatic nitrogens is 1. The normalized spacial score (nSPS) is 9.67. The van der Waals surface area contributed by atoms with Crippen molar-refractivity contribution < 1.29 is 14.5 Å². The van der Waals surface area contributed by atoms with Gasteiger partial charge in [-0.15, -0.1) is 0 Å². The molecule has 0 fully saturated rings. The number of carbonyl (C=O) groups is 1. The molecule has 80 valence electrons. The number of nitrogens with zero attached hydrogens (tertiary/aromatic N) is 1. The SMILES string of the molecule is CCOC(=O)c1c[nH]c(=O)c([N+](=O)[O-])c1.